The van der Waals surface area contributed by atoms with Crippen molar-refractivity contribution in [1.29, 1.82) is 0 Å². The molecule has 0 saturated heterocycles. The van der Waals surface area contributed by atoms with Gasteiger partial charge >= 0.3 is 0 Å². The third-order valence-corrected chi connectivity index (χ3v) is 5.20. The number of nitrogens with one attached hydrogen (secondary N) is 1. The normalized spacial score (nSPS) is 13.3. The Morgan fingerprint density at radius 1 is 1.31 bits per heavy atom. The first-order chi connectivity index (χ1) is 12.5. The fraction of sp³-hybridized carbons (Fsp3) is 0.500. The number of amides is 1. The number of benzene rings is 1. The van der Waals surface area contributed by atoms with E-state index in [1.165, 1.54) is 11.8 Å². The van der Waals surface area contributed by atoms with E-state index in [9.17, 15) is 4.79 Å². The second-order valence-corrected chi connectivity index (χ2v) is 7.29. The number of nitrogens with zero attached hydrogens (tertiary/aromatic N) is 3. The van der Waals surface area contributed by atoms with Crippen LogP contribution in [0.4, 0.5) is 0 Å². The number of aromatic nitrogens is 3. The Balaban J connectivity index is 2.05. The number of para-hydroxylation sites is 1. The Bertz CT molecular complexity index is 738. The second-order valence-electron chi connectivity index (χ2n) is 5.94. The van der Waals surface area contributed by atoms with Crippen molar-refractivity contribution in [3.63, 3.8) is 0 Å². The van der Waals surface area contributed by atoms with Crippen LogP contribution >= 0.6 is 23.4 Å². The maximum atomic E-state index is 12.0. The summed E-state index contributed by atoms with van der Waals surface area (Å²) in [5.41, 5.74) is 0. The predicted molar refractivity (Wildman–Crippen MR) is 105 cm³/mol. The van der Waals surface area contributed by atoms with Gasteiger partial charge in [-0.1, -0.05) is 42.4 Å². The molecule has 1 aromatic carbocycles. The maximum Gasteiger partial charge on any atom is 0.230 e. The van der Waals surface area contributed by atoms with Crippen LogP contribution in [0.5, 0.6) is 5.75 Å². The number of rotatable bonds is 9. The Hall–Kier alpha value is -1.73. The van der Waals surface area contributed by atoms with Crippen molar-refractivity contribution in [1.82, 2.24) is 20.1 Å². The summed E-state index contributed by atoms with van der Waals surface area (Å²) in [5, 5.41) is 12.7. The molecule has 142 valence electrons. The van der Waals surface area contributed by atoms with Crippen LogP contribution < -0.4 is 10.1 Å². The molecule has 1 heterocycles. The van der Waals surface area contributed by atoms with Gasteiger partial charge in [-0.2, -0.15) is 0 Å². The van der Waals surface area contributed by atoms with Crippen molar-refractivity contribution < 1.29 is 9.53 Å². The van der Waals surface area contributed by atoms with Crippen molar-refractivity contribution in [2.24, 2.45) is 0 Å². The van der Waals surface area contributed by atoms with E-state index in [1.54, 1.807) is 6.07 Å². The largest absolute Gasteiger partial charge is 0.481 e. The van der Waals surface area contributed by atoms with Gasteiger partial charge in [-0.05, 0) is 39.3 Å². The quantitative estimate of drug-likeness (QED) is 0.646. The Morgan fingerprint density at radius 3 is 2.69 bits per heavy atom. The summed E-state index contributed by atoms with van der Waals surface area (Å²) in [4.78, 5) is 12.0. The van der Waals surface area contributed by atoms with Crippen LogP contribution in [0.1, 0.15) is 46.0 Å². The Labute approximate surface area is 163 Å². The van der Waals surface area contributed by atoms with Crippen molar-refractivity contribution in [2.45, 2.75) is 58.0 Å². The van der Waals surface area contributed by atoms with E-state index in [1.807, 2.05) is 50.5 Å². The lowest BCUT2D eigenvalue weighted by molar-refractivity contribution is -0.119. The van der Waals surface area contributed by atoms with Gasteiger partial charge in [0.1, 0.15) is 5.75 Å². The van der Waals surface area contributed by atoms with Crippen LogP contribution in [0.15, 0.2) is 29.4 Å². The lowest BCUT2D eigenvalue weighted by Crippen LogP contribution is -2.33. The minimum absolute atomic E-state index is 0.00285. The minimum Gasteiger partial charge on any atom is -0.481 e. The average Bonchev–Trinajstić information content (AvgIpc) is 3.04. The van der Waals surface area contributed by atoms with Gasteiger partial charge in [0.25, 0.3) is 0 Å². The molecule has 26 heavy (non-hydrogen) atoms. The van der Waals surface area contributed by atoms with Gasteiger partial charge in [0.15, 0.2) is 17.1 Å². The lowest BCUT2D eigenvalue weighted by Gasteiger charge is -2.16. The molecule has 0 aliphatic rings. The van der Waals surface area contributed by atoms with E-state index in [0.29, 0.717) is 34.1 Å². The number of thioether (sulfide) groups is 1. The monoisotopic (exact) mass is 396 g/mol. The average molecular weight is 397 g/mol. The molecule has 0 bridgehead atoms. The van der Waals surface area contributed by atoms with E-state index in [-0.39, 0.29) is 18.1 Å². The molecule has 0 spiro atoms. The molecule has 2 aromatic rings. The smallest absolute Gasteiger partial charge is 0.230 e. The minimum atomic E-state index is -0.314. The zero-order chi connectivity index (χ0) is 19.1. The van der Waals surface area contributed by atoms with Gasteiger partial charge in [0.05, 0.1) is 10.8 Å². The summed E-state index contributed by atoms with van der Waals surface area (Å²) in [7, 11) is 0. The Morgan fingerprint density at radius 2 is 2.04 bits per heavy atom. The SMILES string of the molecule is CCC(C)NC(=O)CSc1nnc(C(C)Oc2ccccc2Cl)n1CC. The first-order valence-electron chi connectivity index (χ1n) is 8.72. The number of carbonyl (C=O) groups excluding carboxylic acids is 1. The fourth-order valence-corrected chi connectivity index (χ4v) is 3.34. The van der Waals surface area contributed by atoms with Crippen molar-refractivity contribution in [2.75, 3.05) is 5.75 Å². The molecule has 2 unspecified atom stereocenters. The summed E-state index contributed by atoms with van der Waals surface area (Å²) in [6.45, 7) is 8.64. The second kappa shape index (κ2) is 9.83. The third kappa shape index (κ3) is 5.38. The highest BCUT2D eigenvalue weighted by molar-refractivity contribution is 7.99. The first-order valence-corrected chi connectivity index (χ1v) is 10.1. The summed E-state index contributed by atoms with van der Waals surface area (Å²) >= 11 is 7.53. The van der Waals surface area contributed by atoms with Crippen LogP contribution in [0.3, 0.4) is 0 Å². The highest BCUT2D eigenvalue weighted by atomic mass is 35.5. The Kier molecular flexibility index (Phi) is 7.78. The molecular weight excluding hydrogens is 372 g/mol. The molecule has 1 aromatic heterocycles. The lowest BCUT2D eigenvalue weighted by atomic mass is 10.3. The molecular formula is C18H25ClN4O2S. The summed E-state index contributed by atoms with van der Waals surface area (Å²) in [5.74, 6) is 1.62. The molecule has 0 radical (unpaired) electrons. The van der Waals surface area contributed by atoms with Gasteiger partial charge in [-0.25, -0.2) is 0 Å². The van der Waals surface area contributed by atoms with Crippen LogP contribution in [0.2, 0.25) is 5.02 Å². The van der Waals surface area contributed by atoms with Crippen molar-refractivity contribution in [3.05, 3.63) is 35.1 Å². The molecule has 0 aliphatic heterocycles. The highest BCUT2D eigenvalue weighted by Crippen LogP contribution is 2.29. The van der Waals surface area contributed by atoms with Crippen LogP contribution in [-0.4, -0.2) is 32.5 Å². The van der Waals surface area contributed by atoms with E-state index in [2.05, 4.69) is 15.5 Å². The molecule has 0 saturated carbocycles. The van der Waals surface area contributed by atoms with Crippen LogP contribution in [0, 0.1) is 0 Å². The maximum absolute atomic E-state index is 12.0. The van der Waals surface area contributed by atoms with Crippen molar-refractivity contribution in [3.8, 4) is 5.75 Å². The highest BCUT2D eigenvalue weighted by Gasteiger charge is 2.20. The van der Waals surface area contributed by atoms with Gasteiger partial charge in [0.2, 0.25) is 5.91 Å². The zero-order valence-corrected chi connectivity index (χ0v) is 17.1. The molecule has 0 fully saturated rings. The third-order valence-electron chi connectivity index (χ3n) is 3.92. The van der Waals surface area contributed by atoms with E-state index >= 15 is 0 Å². The van der Waals surface area contributed by atoms with Crippen molar-refractivity contribution >= 4 is 29.3 Å². The molecule has 6 nitrogen and oxygen atoms in total. The molecule has 8 heteroatoms. The standard InChI is InChI=1S/C18H25ClN4O2S/c1-5-12(3)20-16(24)11-26-18-22-21-17(23(18)6-2)13(4)25-15-10-8-7-9-14(15)19/h7-10,12-13H,5-6,11H2,1-4H3,(H,20,24). The first kappa shape index (κ1) is 20.6. The van der Waals surface area contributed by atoms with E-state index in [4.69, 9.17) is 16.3 Å². The van der Waals surface area contributed by atoms with Gasteiger partial charge in [-0.15, -0.1) is 10.2 Å². The summed E-state index contributed by atoms with van der Waals surface area (Å²) in [6, 6.07) is 7.50. The van der Waals surface area contributed by atoms with Crippen LogP contribution in [0.25, 0.3) is 0 Å². The number of hydrogen-bond donors (Lipinski definition) is 1. The topological polar surface area (TPSA) is 69.0 Å². The number of halogens is 1. The molecule has 2 atom stereocenters. The summed E-state index contributed by atoms with van der Waals surface area (Å²) < 4.78 is 7.90. The van der Waals surface area contributed by atoms with Gasteiger partial charge in [-0.3, -0.25) is 4.79 Å². The van der Waals surface area contributed by atoms with Crippen LogP contribution in [-0.2, 0) is 11.3 Å². The van der Waals surface area contributed by atoms with Gasteiger partial charge in [0, 0.05) is 12.6 Å². The molecule has 2 rings (SSSR count). The fourth-order valence-electron chi connectivity index (χ4n) is 2.34. The van der Waals surface area contributed by atoms with E-state index < -0.39 is 0 Å². The number of hydrogen-bond acceptors (Lipinski definition) is 5. The number of carbonyl (C=O) groups is 1. The summed E-state index contributed by atoms with van der Waals surface area (Å²) in [6.07, 6.45) is 0.591. The predicted octanol–water partition coefficient (Wildman–Crippen LogP) is 4.10. The van der Waals surface area contributed by atoms with Gasteiger partial charge < -0.3 is 14.6 Å². The molecule has 1 N–H and O–H groups in total. The molecule has 0 aliphatic carbocycles. The zero-order valence-electron chi connectivity index (χ0n) is 15.5. The van der Waals surface area contributed by atoms with E-state index in [0.717, 1.165) is 6.42 Å². The number of ether oxygens (including phenoxy) is 1. The molecule has 1 amide bonds.